The smallest absolute Gasteiger partial charge is 0.308 e. The maximum atomic E-state index is 11.7. The van der Waals surface area contributed by atoms with E-state index in [1.54, 1.807) is 0 Å². The van der Waals surface area contributed by atoms with Crippen molar-refractivity contribution in [1.29, 1.82) is 0 Å². The van der Waals surface area contributed by atoms with E-state index in [2.05, 4.69) is 12.2 Å². The van der Waals surface area contributed by atoms with Gasteiger partial charge in [-0.25, -0.2) is 0 Å². The molecule has 3 aliphatic rings. The first-order valence-corrected chi connectivity index (χ1v) is 7.67. The standard InChI is InChI=1S/C16H22O4/c17-14(12-4-5-12)19-10-16(8-2-1-3-9-16)11-20-15(18)13-6-7-13/h1-2,12-13H,3-11H2. The van der Waals surface area contributed by atoms with Crippen LogP contribution in [0.4, 0.5) is 0 Å². The van der Waals surface area contributed by atoms with Gasteiger partial charge in [0.05, 0.1) is 11.8 Å². The molecule has 0 aromatic rings. The summed E-state index contributed by atoms with van der Waals surface area (Å²) in [5.74, 6) is 0.0975. The molecule has 0 unspecified atom stereocenters. The predicted molar refractivity (Wildman–Crippen MR) is 72.8 cm³/mol. The van der Waals surface area contributed by atoms with Gasteiger partial charge in [-0.2, -0.15) is 0 Å². The van der Waals surface area contributed by atoms with Gasteiger partial charge in [-0.05, 0) is 44.9 Å². The second-order valence-corrected chi connectivity index (χ2v) is 6.48. The molecule has 0 amide bonds. The molecule has 4 nitrogen and oxygen atoms in total. The van der Waals surface area contributed by atoms with E-state index in [0.29, 0.717) is 13.2 Å². The summed E-state index contributed by atoms with van der Waals surface area (Å²) >= 11 is 0. The number of rotatable bonds is 6. The van der Waals surface area contributed by atoms with Gasteiger partial charge in [0.25, 0.3) is 0 Å². The van der Waals surface area contributed by atoms with Crippen LogP contribution in [0, 0.1) is 17.3 Å². The van der Waals surface area contributed by atoms with Gasteiger partial charge in [0.15, 0.2) is 0 Å². The molecule has 110 valence electrons. The third kappa shape index (κ3) is 3.41. The highest BCUT2D eigenvalue weighted by Crippen LogP contribution is 2.37. The Morgan fingerprint density at radius 1 is 0.950 bits per heavy atom. The fraction of sp³-hybridized carbons (Fsp3) is 0.750. The third-order valence-corrected chi connectivity index (χ3v) is 4.42. The van der Waals surface area contributed by atoms with Crippen LogP contribution in [0.2, 0.25) is 0 Å². The maximum absolute atomic E-state index is 11.7. The molecule has 2 fully saturated rings. The minimum Gasteiger partial charge on any atom is -0.465 e. The molecule has 3 rings (SSSR count). The molecular formula is C16H22O4. The maximum Gasteiger partial charge on any atom is 0.308 e. The molecule has 0 saturated heterocycles. The summed E-state index contributed by atoms with van der Waals surface area (Å²) in [7, 11) is 0. The van der Waals surface area contributed by atoms with Crippen LogP contribution in [0.5, 0.6) is 0 Å². The average molecular weight is 278 g/mol. The van der Waals surface area contributed by atoms with Crippen LogP contribution in [0.3, 0.4) is 0 Å². The molecule has 0 spiro atoms. The lowest BCUT2D eigenvalue weighted by molar-refractivity contribution is -0.156. The molecule has 0 aromatic heterocycles. The van der Waals surface area contributed by atoms with Crippen molar-refractivity contribution in [3.8, 4) is 0 Å². The molecule has 0 aliphatic heterocycles. The summed E-state index contributed by atoms with van der Waals surface area (Å²) in [6.07, 6.45) is 10.8. The Kier molecular flexibility index (Phi) is 3.81. The number of ether oxygens (including phenoxy) is 2. The number of carbonyl (C=O) groups excluding carboxylic acids is 2. The van der Waals surface area contributed by atoms with E-state index >= 15 is 0 Å². The number of carbonyl (C=O) groups is 2. The van der Waals surface area contributed by atoms with Gasteiger partial charge in [0.2, 0.25) is 0 Å². The lowest BCUT2D eigenvalue weighted by Crippen LogP contribution is -2.35. The summed E-state index contributed by atoms with van der Waals surface area (Å²) in [5.41, 5.74) is -0.205. The van der Waals surface area contributed by atoms with Crippen molar-refractivity contribution in [2.75, 3.05) is 13.2 Å². The summed E-state index contributed by atoms with van der Waals surface area (Å²) in [6.45, 7) is 0.759. The van der Waals surface area contributed by atoms with Gasteiger partial charge in [-0.3, -0.25) is 9.59 Å². The number of allylic oxidation sites excluding steroid dienone is 2. The van der Waals surface area contributed by atoms with E-state index < -0.39 is 0 Å². The number of hydrogen-bond acceptors (Lipinski definition) is 4. The van der Waals surface area contributed by atoms with E-state index in [1.165, 1.54) is 0 Å². The molecule has 20 heavy (non-hydrogen) atoms. The molecule has 4 heteroatoms. The Hall–Kier alpha value is -1.32. The molecule has 0 aromatic carbocycles. The molecule has 0 heterocycles. The van der Waals surface area contributed by atoms with E-state index in [4.69, 9.17) is 9.47 Å². The van der Waals surface area contributed by atoms with Crippen LogP contribution in [-0.4, -0.2) is 25.2 Å². The Balaban J connectivity index is 1.53. The summed E-state index contributed by atoms with van der Waals surface area (Å²) < 4.78 is 10.9. The van der Waals surface area contributed by atoms with Crippen LogP contribution in [0.25, 0.3) is 0 Å². The predicted octanol–water partition coefficient (Wildman–Crippen LogP) is 2.62. The second-order valence-electron chi connectivity index (χ2n) is 6.48. The zero-order valence-electron chi connectivity index (χ0n) is 11.8. The van der Waals surface area contributed by atoms with Gasteiger partial charge in [-0.1, -0.05) is 12.2 Å². The van der Waals surface area contributed by atoms with Crippen molar-refractivity contribution in [1.82, 2.24) is 0 Å². The second kappa shape index (κ2) is 5.58. The van der Waals surface area contributed by atoms with Crippen molar-refractivity contribution < 1.29 is 19.1 Å². The third-order valence-electron chi connectivity index (χ3n) is 4.42. The van der Waals surface area contributed by atoms with Crippen molar-refractivity contribution in [3.63, 3.8) is 0 Å². The first kappa shape index (κ1) is 13.7. The van der Waals surface area contributed by atoms with E-state index in [1.807, 2.05) is 0 Å². The van der Waals surface area contributed by atoms with E-state index in [9.17, 15) is 9.59 Å². The lowest BCUT2D eigenvalue weighted by Gasteiger charge is -2.33. The fourth-order valence-corrected chi connectivity index (χ4v) is 2.57. The van der Waals surface area contributed by atoms with Crippen LogP contribution in [0.15, 0.2) is 12.2 Å². The summed E-state index contributed by atoms with van der Waals surface area (Å²) in [4.78, 5) is 23.4. The molecule has 0 N–H and O–H groups in total. The molecule has 3 aliphatic carbocycles. The monoisotopic (exact) mass is 278 g/mol. The van der Waals surface area contributed by atoms with Crippen molar-refractivity contribution >= 4 is 11.9 Å². The topological polar surface area (TPSA) is 52.6 Å². The van der Waals surface area contributed by atoms with Gasteiger partial charge in [0.1, 0.15) is 13.2 Å². The Morgan fingerprint density at radius 2 is 1.50 bits per heavy atom. The lowest BCUT2D eigenvalue weighted by atomic mass is 9.78. The van der Waals surface area contributed by atoms with Gasteiger partial charge < -0.3 is 9.47 Å². The van der Waals surface area contributed by atoms with Gasteiger partial charge >= 0.3 is 11.9 Å². The van der Waals surface area contributed by atoms with E-state index in [-0.39, 0.29) is 29.2 Å². The summed E-state index contributed by atoms with van der Waals surface area (Å²) in [5, 5.41) is 0. The highest BCUT2D eigenvalue weighted by Gasteiger charge is 2.38. The molecular weight excluding hydrogens is 256 g/mol. The average Bonchev–Trinajstić information content (AvgIpc) is 3.33. The normalized spacial score (nSPS) is 24.2. The van der Waals surface area contributed by atoms with Crippen LogP contribution in [-0.2, 0) is 19.1 Å². The van der Waals surface area contributed by atoms with Crippen molar-refractivity contribution in [2.24, 2.45) is 17.3 Å². The zero-order valence-corrected chi connectivity index (χ0v) is 11.8. The summed E-state index contributed by atoms with van der Waals surface area (Å²) in [6, 6.07) is 0. The number of esters is 2. The highest BCUT2D eigenvalue weighted by molar-refractivity contribution is 5.75. The molecule has 0 atom stereocenters. The zero-order chi connectivity index (χ0) is 14.0. The Bertz CT molecular complexity index is 390. The highest BCUT2D eigenvalue weighted by atomic mass is 16.5. The Morgan fingerprint density at radius 3 is 1.90 bits per heavy atom. The minimum absolute atomic E-state index is 0.0764. The minimum atomic E-state index is -0.205. The number of hydrogen-bond donors (Lipinski definition) is 0. The largest absolute Gasteiger partial charge is 0.465 e. The first-order chi connectivity index (χ1) is 9.69. The molecule has 0 bridgehead atoms. The van der Waals surface area contributed by atoms with Crippen molar-refractivity contribution in [3.05, 3.63) is 12.2 Å². The van der Waals surface area contributed by atoms with Crippen LogP contribution >= 0.6 is 0 Å². The first-order valence-electron chi connectivity index (χ1n) is 7.67. The van der Waals surface area contributed by atoms with E-state index in [0.717, 1.165) is 44.9 Å². The fourth-order valence-electron chi connectivity index (χ4n) is 2.57. The van der Waals surface area contributed by atoms with Crippen LogP contribution in [0.1, 0.15) is 44.9 Å². The quantitative estimate of drug-likeness (QED) is 0.553. The van der Waals surface area contributed by atoms with Gasteiger partial charge in [-0.15, -0.1) is 0 Å². The molecule has 2 saturated carbocycles. The Labute approximate surface area is 119 Å². The SMILES string of the molecule is O=C(OCC1(COC(=O)C2CC2)CC=CCC1)C1CC1. The van der Waals surface area contributed by atoms with Crippen molar-refractivity contribution in [2.45, 2.75) is 44.9 Å². The molecule has 0 radical (unpaired) electrons. The van der Waals surface area contributed by atoms with Crippen LogP contribution < -0.4 is 0 Å². The van der Waals surface area contributed by atoms with Gasteiger partial charge in [0, 0.05) is 5.41 Å².